The van der Waals surface area contributed by atoms with Gasteiger partial charge in [0, 0.05) is 11.9 Å². The van der Waals surface area contributed by atoms with E-state index in [4.69, 9.17) is 10.4 Å². The van der Waals surface area contributed by atoms with Gasteiger partial charge in [0.05, 0.1) is 0 Å². The van der Waals surface area contributed by atoms with Gasteiger partial charge in [-0.05, 0) is 6.07 Å². The fourth-order valence-corrected chi connectivity index (χ4v) is 1.86. The molecule has 3 nitrogen and oxygen atoms in total. The number of benzene rings is 2. The SMILES string of the molecule is N#CO.[Ni+2].[c-]1ccccc1-c1[c-]c(-c2ccccn2)ccc1. The minimum Gasteiger partial charge on any atom is -0.443 e. The molecule has 22 heavy (non-hydrogen) atoms. The van der Waals surface area contributed by atoms with Crippen LogP contribution in [0, 0.1) is 23.6 Å². The van der Waals surface area contributed by atoms with E-state index < -0.39 is 0 Å². The van der Waals surface area contributed by atoms with Crippen LogP contribution in [0.25, 0.3) is 22.4 Å². The van der Waals surface area contributed by atoms with Crippen LogP contribution < -0.4 is 0 Å². The van der Waals surface area contributed by atoms with Crippen LogP contribution in [0.4, 0.5) is 0 Å². The van der Waals surface area contributed by atoms with Gasteiger partial charge in [-0.15, -0.1) is 23.8 Å². The van der Waals surface area contributed by atoms with E-state index in [1.165, 1.54) is 0 Å². The van der Waals surface area contributed by atoms with Crippen molar-refractivity contribution in [2.24, 2.45) is 0 Å². The minimum atomic E-state index is 0. The number of aromatic nitrogens is 1. The summed E-state index contributed by atoms with van der Waals surface area (Å²) in [5.74, 6) is 0. The zero-order valence-corrected chi connectivity index (χ0v) is 12.5. The first-order chi connectivity index (χ1) is 10.3. The molecule has 4 heteroatoms. The largest absolute Gasteiger partial charge is 2.00 e. The molecule has 3 rings (SSSR count). The van der Waals surface area contributed by atoms with Gasteiger partial charge in [0.15, 0.2) is 0 Å². The van der Waals surface area contributed by atoms with Crippen molar-refractivity contribution < 1.29 is 21.6 Å². The quantitative estimate of drug-likeness (QED) is 0.441. The maximum absolute atomic E-state index is 6.88. The molecule has 0 unspecified atom stereocenters. The summed E-state index contributed by atoms with van der Waals surface area (Å²) in [6, 6.07) is 26.5. The van der Waals surface area contributed by atoms with Crippen LogP contribution >= 0.6 is 0 Å². The maximum atomic E-state index is 6.88. The third-order valence-corrected chi connectivity index (χ3v) is 2.74. The van der Waals surface area contributed by atoms with Crippen LogP contribution in [-0.4, -0.2) is 10.1 Å². The molecular formula is C18H12N2NiO. The number of pyridine rings is 1. The summed E-state index contributed by atoms with van der Waals surface area (Å²) in [7, 11) is 0. The molecule has 0 saturated carbocycles. The Bertz CT molecular complexity index is 670. The molecule has 0 aliphatic rings. The second-order valence-electron chi connectivity index (χ2n) is 4.07. The van der Waals surface area contributed by atoms with Crippen molar-refractivity contribution >= 4 is 0 Å². The van der Waals surface area contributed by atoms with Crippen molar-refractivity contribution in [2.45, 2.75) is 0 Å². The van der Waals surface area contributed by atoms with Crippen LogP contribution in [0.5, 0.6) is 0 Å². The van der Waals surface area contributed by atoms with E-state index in [0.29, 0.717) is 0 Å². The van der Waals surface area contributed by atoms with Crippen LogP contribution in [0.15, 0.2) is 66.9 Å². The molecule has 1 aromatic heterocycles. The number of rotatable bonds is 2. The number of nitrogens with zero attached hydrogens (tertiary/aromatic N) is 2. The van der Waals surface area contributed by atoms with Crippen LogP contribution in [0.2, 0.25) is 0 Å². The monoisotopic (exact) mass is 330 g/mol. The van der Waals surface area contributed by atoms with E-state index in [-0.39, 0.29) is 16.5 Å². The third-order valence-electron chi connectivity index (χ3n) is 2.74. The van der Waals surface area contributed by atoms with Crippen LogP contribution in [0.3, 0.4) is 0 Å². The second kappa shape index (κ2) is 9.34. The molecule has 3 aromatic rings. The topological polar surface area (TPSA) is 56.9 Å². The van der Waals surface area contributed by atoms with Gasteiger partial charge in [-0.3, -0.25) is 4.98 Å². The first kappa shape index (κ1) is 17.4. The summed E-state index contributed by atoms with van der Waals surface area (Å²) in [5.41, 5.74) is 4.04. The van der Waals surface area contributed by atoms with Gasteiger partial charge in [-0.25, -0.2) is 5.56 Å². The van der Waals surface area contributed by atoms with Gasteiger partial charge in [-0.1, -0.05) is 12.1 Å². The average molecular weight is 331 g/mol. The minimum absolute atomic E-state index is 0. The standard InChI is InChI=1S/C17H11N.CHNO.Ni/c1-2-7-14(8-3-1)15-9-6-10-16(13-15)17-11-4-5-12-18-17;2-1-3;/h1-7,9-12H;3H;/q-2;;+2. The number of aliphatic hydroxyl groups is 1. The molecule has 1 N–H and O–H groups in total. The predicted octanol–water partition coefficient (Wildman–Crippen LogP) is 3.85. The normalized spacial score (nSPS) is 8.68. The first-order valence-electron chi connectivity index (χ1n) is 6.29. The van der Waals surface area contributed by atoms with E-state index in [2.05, 4.69) is 17.1 Å². The van der Waals surface area contributed by atoms with Crippen molar-refractivity contribution in [3.63, 3.8) is 0 Å². The summed E-state index contributed by atoms with van der Waals surface area (Å²) >= 11 is 0. The van der Waals surface area contributed by atoms with Gasteiger partial charge >= 0.3 is 16.5 Å². The van der Waals surface area contributed by atoms with Gasteiger partial charge in [0.2, 0.25) is 0 Å². The summed E-state index contributed by atoms with van der Waals surface area (Å²) in [5, 5.41) is 13.8. The average Bonchev–Trinajstić information content (AvgIpc) is 2.57. The Morgan fingerprint density at radius 1 is 0.909 bits per heavy atom. The fraction of sp³-hybridized carbons (Fsp3) is 0. The summed E-state index contributed by atoms with van der Waals surface area (Å²) in [6.45, 7) is 0. The van der Waals surface area contributed by atoms with E-state index >= 15 is 0 Å². The summed E-state index contributed by atoms with van der Waals surface area (Å²) in [6.07, 6.45) is 2.55. The van der Waals surface area contributed by atoms with Gasteiger partial charge in [0.1, 0.15) is 0 Å². The van der Waals surface area contributed by atoms with Crippen molar-refractivity contribution in [2.75, 3.05) is 0 Å². The van der Waals surface area contributed by atoms with Gasteiger partial charge < -0.3 is 5.11 Å². The number of aliphatic hydroxyl groups excluding tert-OH is 1. The molecule has 0 saturated heterocycles. The number of hydrogen-bond donors (Lipinski definition) is 1. The zero-order chi connectivity index (χ0) is 14.9. The third kappa shape index (κ3) is 4.73. The molecule has 1 heterocycles. The Morgan fingerprint density at radius 3 is 2.23 bits per heavy atom. The maximum Gasteiger partial charge on any atom is 2.00 e. The van der Waals surface area contributed by atoms with E-state index in [9.17, 15) is 0 Å². The van der Waals surface area contributed by atoms with Crippen molar-refractivity contribution in [3.8, 4) is 28.6 Å². The number of hydrogen-bond acceptors (Lipinski definition) is 3. The van der Waals surface area contributed by atoms with Crippen LogP contribution in [-0.2, 0) is 16.5 Å². The van der Waals surface area contributed by atoms with Crippen LogP contribution in [0.1, 0.15) is 0 Å². The van der Waals surface area contributed by atoms with Gasteiger partial charge in [-0.2, -0.15) is 47.2 Å². The molecule has 0 spiro atoms. The Kier molecular flexibility index (Phi) is 7.39. The Labute approximate surface area is 139 Å². The molecule has 0 aliphatic carbocycles. The van der Waals surface area contributed by atoms with Crippen molar-refractivity contribution in [1.82, 2.24) is 4.98 Å². The second-order valence-corrected chi connectivity index (χ2v) is 4.07. The molecule has 0 bridgehead atoms. The summed E-state index contributed by atoms with van der Waals surface area (Å²) < 4.78 is 0. The molecule has 2 aromatic carbocycles. The predicted molar refractivity (Wildman–Crippen MR) is 80.3 cm³/mol. The Balaban J connectivity index is 0.000000562. The molecule has 0 radical (unpaired) electrons. The zero-order valence-electron chi connectivity index (χ0n) is 11.5. The smallest absolute Gasteiger partial charge is 0.443 e. The fourth-order valence-electron chi connectivity index (χ4n) is 1.86. The van der Waals surface area contributed by atoms with Gasteiger partial charge in [0.25, 0.3) is 6.26 Å². The molecule has 0 fully saturated rings. The van der Waals surface area contributed by atoms with E-state index in [1.807, 2.05) is 60.7 Å². The Morgan fingerprint density at radius 2 is 1.59 bits per heavy atom. The molecule has 0 aliphatic heterocycles. The van der Waals surface area contributed by atoms with Crippen molar-refractivity contribution in [1.29, 1.82) is 5.26 Å². The Hall–Kier alpha value is -2.63. The van der Waals surface area contributed by atoms with E-state index in [1.54, 1.807) is 6.20 Å². The number of nitriles is 1. The first-order valence-corrected chi connectivity index (χ1v) is 6.29. The summed E-state index contributed by atoms with van der Waals surface area (Å²) in [4.78, 5) is 4.34. The molecule has 110 valence electrons. The molecular weight excluding hydrogens is 319 g/mol. The van der Waals surface area contributed by atoms with E-state index in [0.717, 1.165) is 28.6 Å². The molecule has 0 atom stereocenters. The molecule has 0 amide bonds. The van der Waals surface area contributed by atoms with Crippen molar-refractivity contribution in [3.05, 3.63) is 79.0 Å².